The highest BCUT2D eigenvalue weighted by Crippen LogP contribution is 2.35. The van der Waals surface area contributed by atoms with Crippen LogP contribution in [0.1, 0.15) is 45.4 Å². The maximum atomic E-state index is 12.6. The Kier molecular flexibility index (Phi) is 5.75. The van der Waals surface area contributed by atoms with E-state index in [0.717, 1.165) is 30.6 Å². The van der Waals surface area contributed by atoms with Gasteiger partial charge in [0.1, 0.15) is 12.1 Å². The van der Waals surface area contributed by atoms with Gasteiger partial charge in [0.2, 0.25) is 5.91 Å². The molecule has 0 aromatic rings. The molecule has 2 saturated heterocycles. The summed E-state index contributed by atoms with van der Waals surface area (Å²) in [6.07, 6.45) is 5.18. The lowest BCUT2D eigenvalue weighted by Gasteiger charge is -2.35. The number of carbonyl (C=O) groups excluding carboxylic acids is 3. The topological polar surface area (TPSA) is 95.7 Å². The molecule has 2 heterocycles. The summed E-state index contributed by atoms with van der Waals surface area (Å²) in [4.78, 5) is 40.1. The molecule has 7 nitrogen and oxygen atoms in total. The molecule has 136 valence electrons. The molecule has 0 radical (unpaired) electrons. The molecule has 2 aliphatic heterocycles. The van der Waals surface area contributed by atoms with E-state index in [1.165, 1.54) is 0 Å². The van der Waals surface area contributed by atoms with Crippen LogP contribution in [0.3, 0.4) is 0 Å². The summed E-state index contributed by atoms with van der Waals surface area (Å²) >= 11 is 0. The van der Waals surface area contributed by atoms with E-state index >= 15 is 0 Å². The lowest BCUT2D eigenvalue weighted by Crippen LogP contribution is -2.49. The first-order valence-corrected chi connectivity index (χ1v) is 8.60. The first kappa shape index (κ1) is 19.0. The fraction of sp³-hybridized carbons (Fsp3) is 0.812. The second kappa shape index (κ2) is 7.27. The summed E-state index contributed by atoms with van der Waals surface area (Å²) in [5.41, 5.74) is 5.21. The Morgan fingerprint density at radius 1 is 1.33 bits per heavy atom. The van der Waals surface area contributed by atoms with Crippen molar-refractivity contribution in [2.24, 2.45) is 11.7 Å². The molecule has 0 aromatic carbocycles. The third-order valence-corrected chi connectivity index (χ3v) is 5.55. The number of nitrogens with two attached hydrogens (primary N) is 1. The summed E-state index contributed by atoms with van der Waals surface area (Å²) in [6.45, 7) is 3.10. The summed E-state index contributed by atoms with van der Waals surface area (Å²) in [5, 5.41) is 2.81. The number of urea groups is 1. The van der Waals surface area contributed by atoms with Crippen molar-refractivity contribution in [1.29, 1.82) is 0 Å². The number of likely N-dealkylation sites (tertiary alicyclic amines) is 1. The molecular formula is C16H27ClN4O3. The molecule has 0 aromatic heterocycles. The van der Waals surface area contributed by atoms with Crippen molar-refractivity contribution in [3.05, 3.63) is 0 Å². The molecule has 0 bridgehead atoms. The predicted octanol–water partition coefficient (Wildman–Crippen LogP) is 0.859. The average Bonchev–Trinajstić information content (AvgIpc) is 3.08. The zero-order valence-electron chi connectivity index (χ0n) is 14.1. The lowest BCUT2D eigenvalue weighted by molar-refractivity contribution is -0.140. The molecule has 24 heavy (non-hydrogen) atoms. The van der Waals surface area contributed by atoms with Gasteiger partial charge in [-0.05, 0) is 38.5 Å². The molecule has 4 amide bonds. The van der Waals surface area contributed by atoms with E-state index in [2.05, 4.69) is 5.32 Å². The zero-order chi connectivity index (χ0) is 16.6. The fourth-order valence-corrected chi connectivity index (χ4v) is 4.04. The molecule has 3 N–H and O–H groups in total. The van der Waals surface area contributed by atoms with Crippen molar-refractivity contribution in [2.45, 2.75) is 57.0 Å². The minimum absolute atomic E-state index is 0. The first-order chi connectivity index (χ1) is 10.9. The van der Waals surface area contributed by atoms with Gasteiger partial charge < -0.3 is 16.0 Å². The molecule has 3 fully saturated rings. The van der Waals surface area contributed by atoms with Gasteiger partial charge in [-0.25, -0.2) is 4.79 Å². The Bertz CT molecular complexity index is 519. The highest BCUT2D eigenvalue weighted by Gasteiger charge is 2.52. The summed E-state index contributed by atoms with van der Waals surface area (Å²) in [6, 6.07) is -0.380. The van der Waals surface area contributed by atoms with Crippen molar-refractivity contribution in [1.82, 2.24) is 15.1 Å². The van der Waals surface area contributed by atoms with Crippen molar-refractivity contribution in [2.75, 3.05) is 19.6 Å². The van der Waals surface area contributed by atoms with Crippen LogP contribution >= 0.6 is 12.4 Å². The second-order valence-corrected chi connectivity index (χ2v) is 7.21. The SMILES string of the molecule is CC(N)C1CCCN(C(=O)CN2C(=O)NC3(CCCC3)C2=O)C1.Cl. The molecule has 3 rings (SSSR count). The smallest absolute Gasteiger partial charge is 0.325 e. The van der Waals surface area contributed by atoms with Crippen LogP contribution in [-0.2, 0) is 9.59 Å². The molecular weight excluding hydrogens is 332 g/mol. The van der Waals surface area contributed by atoms with Crippen LogP contribution in [-0.4, -0.2) is 58.9 Å². The Morgan fingerprint density at radius 2 is 2.00 bits per heavy atom. The van der Waals surface area contributed by atoms with E-state index in [1.54, 1.807) is 4.90 Å². The van der Waals surface area contributed by atoms with Crippen LogP contribution in [0.25, 0.3) is 0 Å². The third-order valence-electron chi connectivity index (χ3n) is 5.55. The Balaban J connectivity index is 0.00000208. The monoisotopic (exact) mass is 358 g/mol. The number of imide groups is 1. The Hall–Kier alpha value is -1.34. The number of nitrogens with zero attached hydrogens (tertiary/aromatic N) is 2. The number of hydrogen-bond donors (Lipinski definition) is 2. The summed E-state index contributed by atoms with van der Waals surface area (Å²) in [7, 11) is 0. The van der Waals surface area contributed by atoms with Gasteiger partial charge >= 0.3 is 6.03 Å². The van der Waals surface area contributed by atoms with Crippen LogP contribution in [0.15, 0.2) is 0 Å². The number of halogens is 1. The minimum Gasteiger partial charge on any atom is -0.341 e. The van der Waals surface area contributed by atoms with Gasteiger partial charge in [-0.3, -0.25) is 14.5 Å². The Morgan fingerprint density at radius 3 is 2.62 bits per heavy atom. The van der Waals surface area contributed by atoms with Crippen LogP contribution in [0.5, 0.6) is 0 Å². The van der Waals surface area contributed by atoms with E-state index in [-0.39, 0.29) is 42.7 Å². The van der Waals surface area contributed by atoms with E-state index in [4.69, 9.17) is 5.73 Å². The third kappa shape index (κ3) is 3.37. The number of amides is 4. The molecule has 8 heteroatoms. The molecule has 3 aliphatic rings. The maximum absolute atomic E-state index is 12.6. The number of carbonyl (C=O) groups is 3. The van der Waals surface area contributed by atoms with E-state index in [1.807, 2.05) is 6.92 Å². The molecule has 1 spiro atoms. The predicted molar refractivity (Wildman–Crippen MR) is 91.6 cm³/mol. The molecule has 2 unspecified atom stereocenters. The van der Waals surface area contributed by atoms with Gasteiger partial charge in [-0.2, -0.15) is 0 Å². The van der Waals surface area contributed by atoms with Crippen molar-refractivity contribution >= 4 is 30.3 Å². The van der Waals surface area contributed by atoms with Gasteiger partial charge in [0.15, 0.2) is 0 Å². The van der Waals surface area contributed by atoms with E-state index in [9.17, 15) is 14.4 Å². The summed E-state index contributed by atoms with van der Waals surface area (Å²) < 4.78 is 0. The Labute approximate surface area is 148 Å². The van der Waals surface area contributed by atoms with Gasteiger partial charge in [-0.1, -0.05) is 12.8 Å². The average molecular weight is 359 g/mol. The number of piperidine rings is 1. The maximum Gasteiger partial charge on any atom is 0.325 e. The normalized spacial score (nSPS) is 27.2. The molecule has 1 aliphatic carbocycles. The summed E-state index contributed by atoms with van der Waals surface area (Å²) in [5.74, 6) is -0.0972. The number of rotatable bonds is 3. The highest BCUT2D eigenvalue weighted by atomic mass is 35.5. The fourth-order valence-electron chi connectivity index (χ4n) is 4.04. The number of hydrogen-bond acceptors (Lipinski definition) is 4. The van der Waals surface area contributed by atoms with Crippen LogP contribution in [0.2, 0.25) is 0 Å². The first-order valence-electron chi connectivity index (χ1n) is 8.60. The zero-order valence-corrected chi connectivity index (χ0v) is 14.9. The van der Waals surface area contributed by atoms with Crippen LogP contribution in [0, 0.1) is 5.92 Å². The lowest BCUT2D eigenvalue weighted by atomic mass is 9.92. The van der Waals surface area contributed by atoms with Gasteiger partial charge in [0.25, 0.3) is 5.91 Å². The molecule has 2 atom stereocenters. The van der Waals surface area contributed by atoms with Crippen LogP contribution < -0.4 is 11.1 Å². The van der Waals surface area contributed by atoms with Gasteiger partial charge in [0, 0.05) is 19.1 Å². The van der Waals surface area contributed by atoms with Gasteiger partial charge in [-0.15, -0.1) is 12.4 Å². The second-order valence-electron chi connectivity index (χ2n) is 7.21. The van der Waals surface area contributed by atoms with Crippen molar-refractivity contribution < 1.29 is 14.4 Å². The number of nitrogens with one attached hydrogen (secondary N) is 1. The standard InChI is InChI=1S/C16H26N4O3.ClH/c1-11(17)12-5-4-8-19(9-12)13(21)10-20-14(22)16(18-15(20)23)6-2-3-7-16;/h11-12H,2-10,17H2,1H3,(H,18,23);1H. The van der Waals surface area contributed by atoms with Crippen molar-refractivity contribution in [3.63, 3.8) is 0 Å². The molecule has 1 saturated carbocycles. The van der Waals surface area contributed by atoms with Crippen LogP contribution in [0.4, 0.5) is 4.79 Å². The quantitative estimate of drug-likeness (QED) is 0.731. The largest absolute Gasteiger partial charge is 0.341 e. The minimum atomic E-state index is -0.742. The van der Waals surface area contributed by atoms with E-state index in [0.29, 0.717) is 25.9 Å². The van der Waals surface area contributed by atoms with E-state index < -0.39 is 11.6 Å². The highest BCUT2D eigenvalue weighted by molar-refractivity contribution is 6.09. The van der Waals surface area contributed by atoms with Crippen molar-refractivity contribution in [3.8, 4) is 0 Å². The van der Waals surface area contributed by atoms with Gasteiger partial charge in [0.05, 0.1) is 0 Å².